The van der Waals surface area contributed by atoms with E-state index in [1.54, 1.807) is 6.20 Å². The third-order valence-corrected chi connectivity index (χ3v) is 3.83. The quantitative estimate of drug-likeness (QED) is 0.767. The Hall–Kier alpha value is -2.13. The van der Waals surface area contributed by atoms with Crippen LogP contribution in [0.5, 0.6) is 0 Å². The van der Waals surface area contributed by atoms with Gasteiger partial charge in [0.15, 0.2) is 0 Å². The molecular weight excluding hydrogens is 250 g/mol. The molecule has 3 heteroatoms. The van der Waals surface area contributed by atoms with E-state index in [0.29, 0.717) is 0 Å². The molecule has 0 spiro atoms. The van der Waals surface area contributed by atoms with Crippen LogP contribution in [0.4, 0.5) is 0 Å². The van der Waals surface area contributed by atoms with Crippen LogP contribution in [0.15, 0.2) is 40.9 Å². The molecule has 0 radical (unpaired) electrons. The van der Waals surface area contributed by atoms with Crippen molar-refractivity contribution in [1.29, 1.82) is 0 Å². The van der Waals surface area contributed by atoms with E-state index >= 15 is 0 Å². The summed E-state index contributed by atoms with van der Waals surface area (Å²) in [5, 5.41) is 11.7. The summed E-state index contributed by atoms with van der Waals surface area (Å²) >= 11 is 0. The van der Waals surface area contributed by atoms with Gasteiger partial charge in [-0.2, -0.15) is 0 Å². The topological polar surface area (TPSA) is 46.3 Å². The smallest absolute Gasteiger partial charge is 0.108 e. The van der Waals surface area contributed by atoms with E-state index in [4.69, 9.17) is 4.42 Å². The minimum atomic E-state index is -0.669. The number of aryl methyl sites for hydroxylation is 2. The van der Waals surface area contributed by atoms with Gasteiger partial charge in [0.2, 0.25) is 0 Å². The molecule has 0 bridgehead atoms. The van der Waals surface area contributed by atoms with Gasteiger partial charge in [-0.1, -0.05) is 12.1 Å². The Balaban J connectivity index is 2.10. The summed E-state index contributed by atoms with van der Waals surface area (Å²) < 4.78 is 5.60. The van der Waals surface area contributed by atoms with Gasteiger partial charge < -0.3 is 9.52 Å². The van der Waals surface area contributed by atoms with Crippen molar-refractivity contribution >= 4 is 10.9 Å². The fourth-order valence-electron chi connectivity index (χ4n) is 2.64. The van der Waals surface area contributed by atoms with E-state index in [1.165, 1.54) is 0 Å². The van der Waals surface area contributed by atoms with E-state index in [9.17, 15) is 5.11 Å². The molecule has 0 amide bonds. The lowest BCUT2D eigenvalue weighted by Crippen LogP contribution is -2.02. The van der Waals surface area contributed by atoms with Gasteiger partial charge >= 0.3 is 0 Å². The fraction of sp³-hybridized carbons (Fsp3) is 0.235. The molecule has 0 aliphatic rings. The number of hydrogen-bond acceptors (Lipinski definition) is 3. The highest BCUT2D eigenvalue weighted by atomic mass is 16.3. The molecular formula is C17H17NO2. The Morgan fingerprint density at radius 1 is 1.10 bits per heavy atom. The van der Waals surface area contributed by atoms with Crippen LogP contribution in [-0.2, 0) is 0 Å². The van der Waals surface area contributed by atoms with Crippen molar-refractivity contribution < 1.29 is 9.52 Å². The average molecular weight is 267 g/mol. The second kappa shape index (κ2) is 4.76. The predicted molar refractivity (Wildman–Crippen MR) is 78.7 cm³/mol. The van der Waals surface area contributed by atoms with E-state index in [1.807, 2.05) is 51.1 Å². The number of nitrogens with zero attached hydrogens (tertiary/aromatic N) is 1. The molecule has 0 saturated carbocycles. The molecule has 1 atom stereocenters. The number of benzene rings is 1. The summed E-state index contributed by atoms with van der Waals surface area (Å²) in [6.07, 6.45) is 1.10. The van der Waals surface area contributed by atoms with E-state index in [-0.39, 0.29) is 0 Å². The first-order valence-corrected chi connectivity index (χ1v) is 6.67. The maximum absolute atomic E-state index is 10.6. The zero-order valence-corrected chi connectivity index (χ0v) is 11.8. The largest absolute Gasteiger partial charge is 0.466 e. The summed E-state index contributed by atoms with van der Waals surface area (Å²) in [5.41, 5.74) is 3.67. The van der Waals surface area contributed by atoms with Gasteiger partial charge in [-0.05, 0) is 50.1 Å². The van der Waals surface area contributed by atoms with Gasteiger partial charge in [0.05, 0.1) is 5.52 Å². The molecule has 3 aromatic rings. The van der Waals surface area contributed by atoms with E-state index in [2.05, 4.69) is 4.98 Å². The van der Waals surface area contributed by atoms with Gasteiger partial charge in [-0.3, -0.25) is 4.98 Å². The van der Waals surface area contributed by atoms with Crippen LogP contribution in [0.3, 0.4) is 0 Å². The third kappa shape index (κ3) is 2.00. The molecule has 0 fully saturated rings. The van der Waals surface area contributed by atoms with Crippen molar-refractivity contribution in [2.75, 3.05) is 0 Å². The standard InChI is InChI=1S/C17H17NO2/c1-10-11(2)20-12(3)16(10)17(19)14-6-7-15-13(9-14)5-4-8-18-15/h4-9,17,19H,1-3H3. The number of pyridine rings is 1. The lowest BCUT2D eigenvalue weighted by Gasteiger charge is -2.12. The molecule has 3 nitrogen and oxygen atoms in total. The first-order valence-electron chi connectivity index (χ1n) is 6.67. The molecule has 0 aliphatic carbocycles. The highest BCUT2D eigenvalue weighted by Crippen LogP contribution is 2.32. The summed E-state index contributed by atoms with van der Waals surface area (Å²) in [7, 11) is 0. The second-order valence-electron chi connectivity index (χ2n) is 5.11. The minimum Gasteiger partial charge on any atom is -0.466 e. The van der Waals surface area contributed by atoms with Crippen molar-refractivity contribution in [3.05, 3.63) is 64.7 Å². The monoisotopic (exact) mass is 267 g/mol. The van der Waals surface area contributed by atoms with Crippen LogP contribution >= 0.6 is 0 Å². The van der Waals surface area contributed by atoms with Gasteiger partial charge in [0.25, 0.3) is 0 Å². The molecule has 20 heavy (non-hydrogen) atoms. The van der Waals surface area contributed by atoms with E-state index < -0.39 is 6.10 Å². The molecule has 2 aromatic heterocycles. The fourth-order valence-corrected chi connectivity index (χ4v) is 2.64. The summed E-state index contributed by atoms with van der Waals surface area (Å²) in [6, 6.07) is 9.73. The number of rotatable bonds is 2. The molecule has 1 unspecified atom stereocenters. The van der Waals surface area contributed by atoms with Gasteiger partial charge in [-0.15, -0.1) is 0 Å². The lowest BCUT2D eigenvalue weighted by molar-refractivity contribution is 0.217. The first-order chi connectivity index (χ1) is 9.58. The van der Waals surface area contributed by atoms with Crippen molar-refractivity contribution in [1.82, 2.24) is 4.98 Å². The summed E-state index contributed by atoms with van der Waals surface area (Å²) in [6.45, 7) is 5.79. The van der Waals surface area contributed by atoms with Crippen LogP contribution in [0, 0.1) is 20.8 Å². The van der Waals surface area contributed by atoms with Crippen LogP contribution < -0.4 is 0 Å². The van der Waals surface area contributed by atoms with Crippen molar-refractivity contribution in [2.45, 2.75) is 26.9 Å². The lowest BCUT2D eigenvalue weighted by atomic mass is 9.97. The number of furan rings is 1. The van der Waals surface area contributed by atoms with Crippen LogP contribution in [0.25, 0.3) is 10.9 Å². The maximum atomic E-state index is 10.6. The predicted octanol–water partition coefficient (Wildman–Crippen LogP) is 3.83. The summed E-state index contributed by atoms with van der Waals surface area (Å²) in [5.74, 6) is 1.64. The van der Waals surface area contributed by atoms with E-state index in [0.717, 1.165) is 39.1 Å². The maximum Gasteiger partial charge on any atom is 0.108 e. The third-order valence-electron chi connectivity index (χ3n) is 3.83. The Bertz CT molecular complexity index is 774. The van der Waals surface area contributed by atoms with Gasteiger partial charge in [0, 0.05) is 17.1 Å². The number of aliphatic hydroxyl groups excluding tert-OH is 1. The van der Waals surface area contributed by atoms with Crippen molar-refractivity contribution in [2.24, 2.45) is 0 Å². The Kier molecular flexibility index (Phi) is 3.07. The molecule has 102 valence electrons. The van der Waals surface area contributed by atoms with Crippen LogP contribution in [0.1, 0.15) is 34.3 Å². The second-order valence-corrected chi connectivity index (χ2v) is 5.11. The number of aromatic nitrogens is 1. The molecule has 1 aromatic carbocycles. The Labute approximate surface area is 117 Å². The van der Waals surface area contributed by atoms with Crippen LogP contribution in [-0.4, -0.2) is 10.1 Å². The number of aliphatic hydroxyl groups is 1. The molecule has 1 N–H and O–H groups in total. The number of fused-ring (bicyclic) bond motifs is 1. The zero-order chi connectivity index (χ0) is 14.3. The van der Waals surface area contributed by atoms with Crippen LogP contribution in [0.2, 0.25) is 0 Å². The Morgan fingerprint density at radius 3 is 2.60 bits per heavy atom. The van der Waals surface area contributed by atoms with Gasteiger partial charge in [0.1, 0.15) is 17.6 Å². The molecule has 2 heterocycles. The number of hydrogen-bond donors (Lipinski definition) is 1. The SMILES string of the molecule is Cc1oc(C)c(C(O)c2ccc3ncccc3c2)c1C. The van der Waals surface area contributed by atoms with Crippen molar-refractivity contribution in [3.8, 4) is 0 Å². The Morgan fingerprint density at radius 2 is 1.90 bits per heavy atom. The minimum absolute atomic E-state index is 0.669. The molecule has 3 rings (SSSR count). The average Bonchev–Trinajstić information content (AvgIpc) is 2.71. The summed E-state index contributed by atoms with van der Waals surface area (Å²) in [4.78, 5) is 4.29. The molecule has 0 aliphatic heterocycles. The highest BCUT2D eigenvalue weighted by molar-refractivity contribution is 5.79. The normalized spacial score (nSPS) is 12.8. The first kappa shape index (κ1) is 12.9. The molecule has 0 saturated heterocycles. The van der Waals surface area contributed by atoms with Crippen molar-refractivity contribution in [3.63, 3.8) is 0 Å². The van der Waals surface area contributed by atoms with Gasteiger partial charge in [-0.25, -0.2) is 0 Å². The highest BCUT2D eigenvalue weighted by Gasteiger charge is 2.20. The zero-order valence-electron chi connectivity index (χ0n) is 11.8.